The molecule has 1 atom stereocenters. The molecule has 9 nitrogen and oxygen atoms in total. The first kappa shape index (κ1) is 24.5. The maximum Gasteiger partial charge on any atom is 0.433 e. The number of H-pyrrole nitrogens is 1. The van der Waals surface area contributed by atoms with Gasteiger partial charge in [-0.1, -0.05) is 0 Å². The first-order valence-corrected chi connectivity index (χ1v) is 10.6. The van der Waals surface area contributed by atoms with Gasteiger partial charge in [0, 0.05) is 37.8 Å². The number of pyridine rings is 1. The van der Waals surface area contributed by atoms with Crippen LogP contribution in [0.2, 0.25) is 0 Å². The van der Waals surface area contributed by atoms with Crippen molar-refractivity contribution in [1.29, 1.82) is 0 Å². The number of anilines is 2. The summed E-state index contributed by atoms with van der Waals surface area (Å²) in [5.41, 5.74) is 0.596. The lowest BCUT2D eigenvalue weighted by Crippen LogP contribution is -2.49. The Morgan fingerprint density at radius 1 is 1.24 bits per heavy atom. The number of rotatable bonds is 8. The zero-order valence-electron chi connectivity index (χ0n) is 18.5. The predicted octanol–water partition coefficient (Wildman–Crippen LogP) is 2.05. The molecule has 180 valence electrons. The highest BCUT2D eigenvalue weighted by molar-refractivity contribution is 5.76. The molecule has 0 unspecified atom stereocenters. The van der Waals surface area contributed by atoms with E-state index in [4.69, 9.17) is 4.74 Å². The van der Waals surface area contributed by atoms with E-state index < -0.39 is 11.9 Å². The zero-order chi connectivity index (χ0) is 24.0. The highest BCUT2D eigenvalue weighted by Crippen LogP contribution is 2.28. The van der Waals surface area contributed by atoms with Crippen molar-refractivity contribution >= 4 is 17.3 Å². The maximum absolute atomic E-state index is 12.7. The van der Waals surface area contributed by atoms with Crippen LogP contribution in [0.4, 0.5) is 24.5 Å². The topological polar surface area (TPSA) is 103 Å². The van der Waals surface area contributed by atoms with Crippen LogP contribution >= 0.6 is 0 Å². The number of carbonyl (C=O) groups excluding carboxylic acids is 1. The molecule has 2 N–H and O–H groups in total. The van der Waals surface area contributed by atoms with Gasteiger partial charge in [-0.3, -0.25) is 9.59 Å². The minimum absolute atomic E-state index is 0.0320. The van der Waals surface area contributed by atoms with Crippen molar-refractivity contribution < 1.29 is 22.7 Å². The van der Waals surface area contributed by atoms with E-state index in [1.807, 2.05) is 11.8 Å². The van der Waals surface area contributed by atoms with Gasteiger partial charge in [-0.05, 0) is 26.0 Å². The number of hydrogen-bond donors (Lipinski definition) is 2. The molecule has 0 bridgehead atoms. The highest BCUT2D eigenvalue weighted by atomic mass is 19.4. The number of piperazine rings is 1. The summed E-state index contributed by atoms with van der Waals surface area (Å²) in [5.74, 6) is -0.0320. The van der Waals surface area contributed by atoms with Crippen molar-refractivity contribution in [1.82, 2.24) is 20.1 Å². The van der Waals surface area contributed by atoms with E-state index in [0.717, 1.165) is 6.07 Å². The molecule has 1 amide bonds. The third-order valence-corrected chi connectivity index (χ3v) is 5.37. The molecule has 1 fully saturated rings. The summed E-state index contributed by atoms with van der Waals surface area (Å²) in [6.45, 7) is 6.21. The molecule has 0 aliphatic carbocycles. The van der Waals surface area contributed by atoms with Gasteiger partial charge in [-0.25, -0.2) is 10.1 Å². The number of ether oxygens (including phenoxy) is 1. The Balaban J connectivity index is 1.36. The van der Waals surface area contributed by atoms with E-state index in [1.54, 1.807) is 11.8 Å². The number of aromatic amines is 1. The third kappa shape index (κ3) is 6.67. The summed E-state index contributed by atoms with van der Waals surface area (Å²) < 4.78 is 43.6. The lowest BCUT2D eigenvalue weighted by atomic mass is 10.2. The highest BCUT2D eigenvalue weighted by Gasteiger charge is 2.32. The van der Waals surface area contributed by atoms with E-state index in [1.165, 1.54) is 18.5 Å². The molecule has 0 radical (unpaired) electrons. The molecule has 3 rings (SSSR count). The van der Waals surface area contributed by atoms with Crippen molar-refractivity contribution in [3.8, 4) is 0 Å². The van der Waals surface area contributed by atoms with Gasteiger partial charge in [0.1, 0.15) is 5.69 Å². The smallest absolute Gasteiger partial charge is 0.379 e. The van der Waals surface area contributed by atoms with Crippen LogP contribution in [0.5, 0.6) is 0 Å². The lowest BCUT2D eigenvalue weighted by molar-refractivity contribution is -0.141. The van der Waals surface area contributed by atoms with Gasteiger partial charge < -0.3 is 19.9 Å². The Hall–Kier alpha value is -3.15. The summed E-state index contributed by atoms with van der Waals surface area (Å²) in [7, 11) is 0. The van der Waals surface area contributed by atoms with Crippen LogP contribution in [0.3, 0.4) is 0 Å². The molecule has 1 aliphatic rings. The second-order valence-electron chi connectivity index (χ2n) is 7.88. The van der Waals surface area contributed by atoms with Crippen LogP contribution in [0.25, 0.3) is 0 Å². The number of aromatic nitrogens is 3. The number of amides is 1. The first-order valence-electron chi connectivity index (χ1n) is 10.6. The third-order valence-electron chi connectivity index (χ3n) is 5.37. The molecular formula is C21H27F3N6O3. The van der Waals surface area contributed by atoms with Crippen molar-refractivity contribution in [3.05, 3.63) is 46.1 Å². The molecule has 1 saturated heterocycles. The van der Waals surface area contributed by atoms with E-state index in [-0.39, 0.29) is 30.5 Å². The number of hydrogen-bond acceptors (Lipinski definition) is 7. The summed E-state index contributed by atoms with van der Waals surface area (Å²) in [5, 5.41) is 9.29. The minimum Gasteiger partial charge on any atom is -0.379 e. The number of halogens is 3. The lowest BCUT2D eigenvalue weighted by Gasteiger charge is -2.36. The molecule has 33 heavy (non-hydrogen) atoms. The predicted molar refractivity (Wildman–Crippen MR) is 116 cm³/mol. The average molecular weight is 468 g/mol. The number of carbonyl (C=O) groups is 1. The van der Waals surface area contributed by atoms with Gasteiger partial charge in [-0.2, -0.15) is 18.3 Å². The summed E-state index contributed by atoms with van der Waals surface area (Å²) in [6, 6.07) is 2.29. The van der Waals surface area contributed by atoms with Gasteiger partial charge in [0.25, 0.3) is 5.56 Å². The van der Waals surface area contributed by atoms with Gasteiger partial charge in [-0.15, -0.1) is 0 Å². The Kier molecular flexibility index (Phi) is 7.90. The Labute approximate surface area is 188 Å². The Bertz CT molecular complexity index is 988. The summed E-state index contributed by atoms with van der Waals surface area (Å²) in [4.78, 5) is 31.1. The molecule has 12 heteroatoms. The maximum atomic E-state index is 12.7. The molecule has 0 aromatic carbocycles. The van der Waals surface area contributed by atoms with Crippen LogP contribution < -0.4 is 15.8 Å². The fourth-order valence-corrected chi connectivity index (χ4v) is 3.44. The van der Waals surface area contributed by atoms with Gasteiger partial charge in [0.2, 0.25) is 5.91 Å². The molecule has 2 aromatic rings. The van der Waals surface area contributed by atoms with Gasteiger partial charge in [0.05, 0.1) is 43.4 Å². The first-order chi connectivity index (χ1) is 15.6. The van der Waals surface area contributed by atoms with Crippen LogP contribution in [0.1, 0.15) is 24.6 Å². The number of nitrogens with zero attached hydrogens (tertiary/aromatic N) is 4. The van der Waals surface area contributed by atoms with Crippen LogP contribution in [-0.2, 0) is 15.7 Å². The largest absolute Gasteiger partial charge is 0.433 e. The fourth-order valence-electron chi connectivity index (χ4n) is 3.44. The van der Waals surface area contributed by atoms with Gasteiger partial charge >= 0.3 is 6.18 Å². The normalized spacial score (nSPS) is 15.4. The van der Waals surface area contributed by atoms with Crippen LogP contribution in [-0.4, -0.2) is 71.4 Å². The molecule has 0 spiro atoms. The second-order valence-corrected chi connectivity index (χ2v) is 7.88. The van der Waals surface area contributed by atoms with Crippen LogP contribution in [0.15, 0.2) is 29.3 Å². The molecule has 3 heterocycles. The standard InChI is InChI=1S/C21H27F3N6O3/c1-14(27-17-12-26-28-20(32)15(17)2)13-33-10-5-19(31)30-8-6-29(7-9-30)16-3-4-18(25-11-16)21(22,23)24/h3-4,11-12,14H,5-10,13H2,1-2H3,(H2,27,28,32)/t14-/m0/s1. The molecule has 2 aromatic heterocycles. The zero-order valence-corrected chi connectivity index (χ0v) is 18.5. The minimum atomic E-state index is -4.46. The van der Waals surface area contributed by atoms with Crippen molar-refractivity contribution in [3.63, 3.8) is 0 Å². The van der Waals surface area contributed by atoms with Crippen LogP contribution in [0, 0.1) is 6.92 Å². The van der Waals surface area contributed by atoms with Crippen molar-refractivity contribution in [2.45, 2.75) is 32.5 Å². The van der Waals surface area contributed by atoms with E-state index in [0.29, 0.717) is 49.7 Å². The summed E-state index contributed by atoms with van der Waals surface area (Å²) >= 11 is 0. The van der Waals surface area contributed by atoms with E-state index >= 15 is 0 Å². The van der Waals surface area contributed by atoms with Gasteiger partial charge in [0.15, 0.2) is 0 Å². The van der Waals surface area contributed by atoms with Crippen molar-refractivity contribution in [2.24, 2.45) is 0 Å². The molecular weight excluding hydrogens is 441 g/mol. The Morgan fingerprint density at radius 3 is 2.61 bits per heavy atom. The Morgan fingerprint density at radius 2 is 1.97 bits per heavy atom. The molecule has 0 saturated carbocycles. The van der Waals surface area contributed by atoms with Crippen molar-refractivity contribution in [2.75, 3.05) is 49.6 Å². The average Bonchev–Trinajstić information content (AvgIpc) is 2.79. The SMILES string of the molecule is Cc1c(N[C@@H](C)COCCC(=O)N2CCN(c3ccc(C(F)(F)F)nc3)CC2)cn[nH]c1=O. The second kappa shape index (κ2) is 10.6. The molecule has 1 aliphatic heterocycles. The summed E-state index contributed by atoms with van der Waals surface area (Å²) in [6.07, 6.45) is -1.47. The quantitative estimate of drug-likeness (QED) is 0.572. The van der Waals surface area contributed by atoms with E-state index in [2.05, 4.69) is 20.5 Å². The number of nitrogens with one attached hydrogen (secondary N) is 2. The van der Waals surface area contributed by atoms with E-state index in [9.17, 15) is 22.8 Å². The number of alkyl halides is 3. The monoisotopic (exact) mass is 468 g/mol. The fraction of sp³-hybridized carbons (Fsp3) is 0.524.